The van der Waals surface area contributed by atoms with E-state index in [1.54, 1.807) is 0 Å². The van der Waals surface area contributed by atoms with Gasteiger partial charge in [-0.25, -0.2) is 0 Å². The van der Waals surface area contributed by atoms with E-state index >= 15 is 0 Å². The second kappa shape index (κ2) is 10.7. The molecule has 0 saturated heterocycles. The van der Waals surface area contributed by atoms with Gasteiger partial charge < -0.3 is 0 Å². The summed E-state index contributed by atoms with van der Waals surface area (Å²) in [6.45, 7) is 0. The highest BCUT2D eigenvalue weighted by molar-refractivity contribution is 6.04. The number of rotatable bonds is 4. The van der Waals surface area contributed by atoms with Gasteiger partial charge >= 0.3 is 0 Å². The third-order valence-corrected chi connectivity index (χ3v) is 8.82. The minimum absolute atomic E-state index is 0.901. The number of hydrogen-bond donors (Lipinski definition) is 0. The van der Waals surface area contributed by atoms with E-state index < -0.39 is 0 Å². The van der Waals surface area contributed by atoms with Gasteiger partial charge in [0.05, 0.1) is 22.2 Å². The molecule has 5 aromatic carbocycles. The first-order valence-corrected chi connectivity index (χ1v) is 15.4. The van der Waals surface area contributed by atoms with Crippen LogP contribution in [-0.4, -0.2) is 19.9 Å². The van der Waals surface area contributed by atoms with Gasteiger partial charge in [-0.15, -0.1) is 0 Å². The summed E-state index contributed by atoms with van der Waals surface area (Å²) < 4.78 is 0. The van der Waals surface area contributed by atoms with Crippen molar-refractivity contribution in [2.24, 2.45) is 0 Å². The fourth-order valence-corrected chi connectivity index (χ4v) is 6.59. The zero-order valence-corrected chi connectivity index (χ0v) is 24.8. The summed E-state index contributed by atoms with van der Waals surface area (Å²) in [4.78, 5) is 19.3. The lowest BCUT2D eigenvalue weighted by Gasteiger charge is -2.15. The average Bonchev–Trinajstić information content (AvgIpc) is 3.14. The highest BCUT2D eigenvalue weighted by Crippen LogP contribution is 2.39. The summed E-state index contributed by atoms with van der Waals surface area (Å²) >= 11 is 0. The Kier molecular flexibility index (Phi) is 6.10. The molecule has 0 bridgehead atoms. The van der Waals surface area contributed by atoms with Gasteiger partial charge in [0.15, 0.2) is 0 Å². The molecular weight excluding hydrogens is 560 g/mol. The van der Waals surface area contributed by atoms with E-state index in [4.69, 9.17) is 9.97 Å². The second-order valence-electron chi connectivity index (χ2n) is 11.5. The Balaban J connectivity index is 1.25. The molecule has 0 amide bonds. The Labute approximate surface area is 265 Å². The molecule has 214 valence electrons. The van der Waals surface area contributed by atoms with E-state index in [-0.39, 0.29) is 0 Å². The second-order valence-corrected chi connectivity index (χ2v) is 11.5. The van der Waals surface area contributed by atoms with Crippen molar-refractivity contribution < 1.29 is 0 Å². The van der Waals surface area contributed by atoms with Crippen molar-refractivity contribution >= 4 is 43.5 Å². The van der Waals surface area contributed by atoms with E-state index in [0.717, 1.165) is 71.8 Å². The van der Waals surface area contributed by atoms with Crippen LogP contribution in [0.15, 0.2) is 158 Å². The van der Waals surface area contributed by atoms with E-state index in [0.29, 0.717) is 0 Å². The van der Waals surface area contributed by atoms with Crippen LogP contribution in [0, 0.1) is 0 Å². The zero-order chi connectivity index (χ0) is 30.5. The summed E-state index contributed by atoms with van der Waals surface area (Å²) in [5.41, 5.74) is 11.3. The monoisotopic (exact) mass is 586 g/mol. The third-order valence-electron chi connectivity index (χ3n) is 8.82. The quantitative estimate of drug-likeness (QED) is 0.193. The molecule has 0 aliphatic heterocycles. The molecule has 9 aromatic rings. The number of hydrogen-bond acceptors (Lipinski definition) is 4. The molecule has 0 spiro atoms. The van der Waals surface area contributed by atoms with Crippen molar-refractivity contribution in [1.29, 1.82) is 0 Å². The van der Waals surface area contributed by atoms with Gasteiger partial charge in [0.2, 0.25) is 0 Å². The van der Waals surface area contributed by atoms with Crippen LogP contribution in [0.1, 0.15) is 0 Å². The average molecular weight is 587 g/mol. The number of fused-ring (bicyclic) bond motifs is 5. The summed E-state index contributed by atoms with van der Waals surface area (Å²) in [6, 6.07) is 46.9. The first-order valence-electron chi connectivity index (χ1n) is 15.4. The van der Waals surface area contributed by atoms with Crippen LogP contribution >= 0.6 is 0 Å². The van der Waals surface area contributed by atoms with Gasteiger partial charge in [-0.05, 0) is 63.9 Å². The minimum atomic E-state index is 0.901. The Bertz CT molecular complexity index is 2600. The molecule has 0 atom stereocenters. The first-order chi connectivity index (χ1) is 22.8. The van der Waals surface area contributed by atoms with E-state index in [1.807, 2.05) is 43.0 Å². The molecule has 4 nitrogen and oxygen atoms in total. The van der Waals surface area contributed by atoms with Crippen LogP contribution in [0.5, 0.6) is 0 Å². The number of pyridine rings is 4. The smallest absolute Gasteiger partial charge is 0.0964 e. The summed E-state index contributed by atoms with van der Waals surface area (Å²) in [7, 11) is 0. The van der Waals surface area contributed by atoms with Crippen molar-refractivity contribution in [2.45, 2.75) is 0 Å². The summed E-state index contributed by atoms with van der Waals surface area (Å²) in [5.74, 6) is 0. The summed E-state index contributed by atoms with van der Waals surface area (Å²) in [6.07, 6.45) is 7.56. The molecule has 4 heteroatoms. The number of nitrogens with zero attached hydrogens (tertiary/aromatic N) is 4. The van der Waals surface area contributed by atoms with Crippen molar-refractivity contribution in [3.05, 3.63) is 158 Å². The van der Waals surface area contributed by atoms with Gasteiger partial charge in [-0.1, -0.05) is 97.1 Å². The molecule has 4 heterocycles. The molecule has 0 aliphatic rings. The molecule has 9 rings (SSSR count). The largest absolute Gasteiger partial charge is 0.256 e. The molecule has 0 saturated carbocycles. The molecular formula is C42H26N4. The molecule has 0 radical (unpaired) electrons. The van der Waals surface area contributed by atoms with E-state index in [9.17, 15) is 0 Å². The lowest BCUT2D eigenvalue weighted by Crippen LogP contribution is -1.94. The van der Waals surface area contributed by atoms with Gasteiger partial charge in [0, 0.05) is 63.2 Å². The normalized spacial score (nSPS) is 11.5. The van der Waals surface area contributed by atoms with Crippen LogP contribution in [0.2, 0.25) is 0 Å². The Morgan fingerprint density at radius 1 is 0.348 bits per heavy atom. The van der Waals surface area contributed by atoms with Crippen LogP contribution in [-0.2, 0) is 0 Å². The van der Waals surface area contributed by atoms with Crippen molar-refractivity contribution in [2.75, 3.05) is 0 Å². The Hall–Kier alpha value is -6.26. The molecule has 0 N–H and O–H groups in total. The van der Waals surface area contributed by atoms with Crippen molar-refractivity contribution in [3.63, 3.8) is 0 Å². The van der Waals surface area contributed by atoms with Crippen LogP contribution in [0.3, 0.4) is 0 Å². The van der Waals surface area contributed by atoms with Crippen LogP contribution in [0.4, 0.5) is 0 Å². The molecule has 4 aromatic heterocycles. The number of benzene rings is 5. The van der Waals surface area contributed by atoms with Gasteiger partial charge in [-0.3, -0.25) is 19.9 Å². The van der Waals surface area contributed by atoms with Crippen molar-refractivity contribution in [3.8, 4) is 44.6 Å². The van der Waals surface area contributed by atoms with Crippen LogP contribution in [0.25, 0.3) is 88.1 Å². The fourth-order valence-electron chi connectivity index (χ4n) is 6.59. The molecule has 0 unspecified atom stereocenters. The first kappa shape index (κ1) is 26.2. The zero-order valence-electron chi connectivity index (χ0n) is 24.8. The van der Waals surface area contributed by atoms with E-state index in [1.165, 1.54) is 16.3 Å². The van der Waals surface area contributed by atoms with Crippen molar-refractivity contribution in [1.82, 2.24) is 19.9 Å². The lowest BCUT2D eigenvalue weighted by atomic mass is 9.91. The Morgan fingerprint density at radius 2 is 1.02 bits per heavy atom. The maximum absolute atomic E-state index is 5.17. The predicted molar refractivity (Wildman–Crippen MR) is 189 cm³/mol. The topological polar surface area (TPSA) is 51.6 Å². The van der Waals surface area contributed by atoms with Gasteiger partial charge in [0.25, 0.3) is 0 Å². The minimum Gasteiger partial charge on any atom is -0.256 e. The highest BCUT2D eigenvalue weighted by Gasteiger charge is 2.16. The molecule has 0 aliphatic carbocycles. The maximum Gasteiger partial charge on any atom is 0.0964 e. The Morgan fingerprint density at radius 3 is 2.00 bits per heavy atom. The molecule has 0 fully saturated rings. The predicted octanol–water partition coefficient (Wildman–Crippen LogP) is 10.5. The van der Waals surface area contributed by atoms with E-state index in [2.05, 4.69) is 125 Å². The van der Waals surface area contributed by atoms with Gasteiger partial charge in [-0.2, -0.15) is 0 Å². The molecule has 46 heavy (non-hydrogen) atoms. The lowest BCUT2D eigenvalue weighted by molar-refractivity contribution is 1.32. The summed E-state index contributed by atoms with van der Waals surface area (Å²) in [5, 5.41) is 5.67. The third kappa shape index (κ3) is 4.39. The maximum atomic E-state index is 5.17. The fraction of sp³-hybridized carbons (Fsp3) is 0. The van der Waals surface area contributed by atoms with Crippen LogP contribution < -0.4 is 0 Å². The number of aromatic nitrogens is 4. The standard InChI is InChI=1S/C42H26N4/c1-2-13-34-27(8-1)9-4-14-35(34)29-10-3-11-30(22-29)38-24-33(26-46-42(38)37-15-5-17-39-36(37)16-7-20-43-39)32-23-31-19-18-28-12-6-21-44-40(28)41(31)45-25-32/h1-26H. The highest BCUT2D eigenvalue weighted by atomic mass is 14.7. The SMILES string of the molecule is c1cc(-c2cc(-c3cnc4c(ccc5cccnc54)c3)cnc2-c2cccc3ncccc23)cc(-c2cccc3ccccc23)c1. The van der Waals surface area contributed by atoms with Gasteiger partial charge in [0.1, 0.15) is 0 Å².